The van der Waals surface area contributed by atoms with Gasteiger partial charge in [-0.15, -0.1) is 0 Å². The summed E-state index contributed by atoms with van der Waals surface area (Å²) < 4.78 is 27.7. The van der Waals surface area contributed by atoms with Crippen LogP contribution in [0.5, 0.6) is 0 Å². The number of nitrogens with one attached hydrogen (secondary N) is 1. The van der Waals surface area contributed by atoms with Gasteiger partial charge in [0.25, 0.3) is 10.0 Å². The summed E-state index contributed by atoms with van der Waals surface area (Å²) in [6.07, 6.45) is 0. The van der Waals surface area contributed by atoms with E-state index in [1.54, 1.807) is 42.5 Å². The number of sulfonamides is 1. The van der Waals surface area contributed by atoms with Gasteiger partial charge in [-0.05, 0) is 35.7 Å². The largest absolute Gasteiger partial charge is 0.399 e. The highest BCUT2D eigenvalue weighted by Gasteiger charge is 2.16. The van der Waals surface area contributed by atoms with Crippen molar-refractivity contribution >= 4 is 32.2 Å². The Balaban J connectivity index is 2.06. The molecule has 0 unspecified atom stereocenters. The number of anilines is 2. The Morgan fingerprint density at radius 2 is 1.48 bits per heavy atom. The van der Waals surface area contributed by atoms with Crippen LogP contribution in [0, 0.1) is 0 Å². The molecule has 0 heterocycles. The first kappa shape index (κ1) is 13.5. The minimum atomic E-state index is -3.64. The number of benzene rings is 3. The topological polar surface area (TPSA) is 72.2 Å². The average molecular weight is 298 g/mol. The lowest BCUT2D eigenvalue weighted by molar-refractivity contribution is 0.602. The third-order valence-electron chi connectivity index (χ3n) is 3.20. The standard InChI is InChI=1S/C16H14N2O2S/c17-13-8-10-14(11-9-13)18-21(19,20)16-7-3-5-12-4-1-2-6-15(12)16/h1-11,18H,17H2. The third-order valence-corrected chi connectivity index (χ3v) is 4.64. The Morgan fingerprint density at radius 3 is 2.24 bits per heavy atom. The molecule has 3 aromatic carbocycles. The van der Waals surface area contributed by atoms with Gasteiger partial charge in [0, 0.05) is 16.8 Å². The molecule has 3 N–H and O–H groups in total. The van der Waals surface area contributed by atoms with Crippen molar-refractivity contribution in [1.82, 2.24) is 0 Å². The van der Waals surface area contributed by atoms with E-state index in [1.807, 2.05) is 24.3 Å². The van der Waals surface area contributed by atoms with Crippen LogP contribution in [0.4, 0.5) is 11.4 Å². The van der Waals surface area contributed by atoms with Crippen LogP contribution in [0.2, 0.25) is 0 Å². The number of rotatable bonds is 3. The van der Waals surface area contributed by atoms with Gasteiger partial charge in [0.05, 0.1) is 4.90 Å². The monoisotopic (exact) mass is 298 g/mol. The lowest BCUT2D eigenvalue weighted by Gasteiger charge is -2.10. The number of fused-ring (bicyclic) bond motifs is 1. The Labute approximate surface area is 123 Å². The first-order valence-electron chi connectivity index (χ1n) is 6.42. The summed E-state index contributed by atoms with van der Waals surface area (Å²) in [6.45, 7) is 0. The van der Waals surface area contributed by atoms with Gasteiger partial charge in [-0.2, -0.15) is 0 Å². The van der Waals surface area contributed by atoms with Crippen molar-refractivity contribution < 1.29 is 8.42 Å². The molecule has 0 aliphatic carbocycles. The molecule has 5 heteroatoms. The van der Waals surface area contributed by atoms with E-state index < -0.39 is 10.0 Å². The fourth-order valence-corrected chi connectivity index (χ4v) is 3.48. The summed E-state index contributed by atoms with van der Waals surface area (Å²) >= 11 is 0. The first-order chi connectivity index (χ1) is 10.1. The molecule has 0 amide bonds. The van der Waals surface area contributed by atoms with E-state index in [-0.39, 0.29) is 4.90 Å². The molecular weight excluding hydrogens is 284 g/mol. The molecule has 0 atom stereocenters. The lowest BCUT2D eigenvalue weighted by atomic mass is 10.1. The van der Waals surface area contributed by atoms with Crippen LogP contribution >= 0.6 is 0 Å². The van der Waals surface area contributed by atoms with Crippen molar-refractivity contribution in [1.29, 1.82) is 0 Å². The SMILES string of the molecule is Nc1ccc(NS(=O)(=O)c2cccc3ccccc23)cc1. The lowest BCUT2D eigenvalue weighted by Crippen LogP contribution is -2.13. The van der Waals surface area contributed by atoms with E-state index in [4.69, 9.17) is 5.73 Å². The molecule has 0 fully saturated rings. The van der Waals surface area contributed by atoms with E-state index in [0.717, 1.165) is 5.39 Å². The molecule has 3 aromatic rings. The van der Waals surface area contributed by atoms with Crippen molar-refractivity contribution in [3.05, 3.63) is 66.7 Å². The fourth-order valence-electron chi connectivity index (χ4n) is 2.19. The van der Waals surface area contributed by atoms with Crippen molar-refractivity contribution in [2.45, 2.75) is 4.90 Å². The van der Waals surface area contributed by atoms with E-state index in [9.17, 15) is 8.42 Å². The molecule has 0 aromatic heterocycles. The number of hydrogen-bond acceptors (Lipinski definition) is 3. The smallest absolute Gasteiger partial charge is 0.262 e. The second-order valence-electron chi connectivity index (χ2n) is 4.70. The summed E-state index contributed by atoms with van der Waals surface area (Å²) in [7, 11) is -3.64. The van der Waals surface area contributed by atoms with E-state index in [1.165, 1.54) is 0 Å². The molecule has 21 heavy (non-hydrogen) atoms. The van der Waals surface area contributed by atoms with Gasteiger partial charge in [-0.1, -0.05) is 36.4 Å². The first-order valence-corrected chi connectivity index (χ1v) is 7.91. The van der Waals surface area contributed by atoms with Gasteiger partial charge in [0.1, 0.15) is 0 Å². The molecular formula is C16H14N2O2S. The van der Waals surface area contributed by atoms with E-state index >= 15 is 0 Å². The van der Waals surface area contributed by atoms with Gasteiger partial charge in [-0.25, -0.2) is 8.42 Å². The predicted octanol–water partition coefficient (Wildman–Crippen LogP) is 3.22. The van der Waals surface area contributed by atoms with Gasteiger partial charge in [0.2, 0.25) is 0 Å². The third kappa shape index (κ3) is 2.68. The van der Waals surface area contributed by atoms with Crippen LogP contribution in [0.15, 0.2) is 71.6 Å². The Bertz CT molecular complexity index is 882. The quantitative estimate of drug-likeness (QED) is 0.729. The molecule has 0 bridgehead atoms. The number of nitrogen functional groups attached to an aromatic ring is 1. The highest BCUT2D eigenvalue weighted by atomic mass is 32.2. The van der Waals surface area contributed by atoms with Crippen LogP contribution in [0.3, 0.4) is 0 Å². The van der Waals surface area contributed by atoms with Crippen molar-refractivity contribution in [3.63, 3.8) is 0 Å². The normalized spacial score (nSPS) is 11.4. The molecule has 0 saturated heterocycles. The predicted molar refractivity (Wildman–Crippen MR) is 85.6 cm³/mol. The molecule has 4 nitrogen and oxygen atoms in total. The van der Waals surface area contributed by atoms with E-state index in [2.05, 4.69) is 4.72 Å². The minimum Gasteiger partial charge on any atom is -0.399 e. The molecule has 106 valence electrons. The van der Waals surface area contributed by atoms with Gasteiger partial charge in [0.15, 0.2) is 0 Å². The Hall–Kier alpha value is -2.53. The second kappa shape index (κ2) is 5.10. The molecule has 0 saturated carbocycles. The zero-order valence-electron chi connectivity index (χ0n) is 11.2. The zero-order chi connectivity index (χ0) is 14.9. The zero-order valence-corrected chi connectivity index (χ0v) is 12.0. The molecule has 0 aliphatic rings. The maximum Gasteiger partial charge on any atom is 0.262 e. The number of nitrogens with two attached hydrogens (primary N) is 1. The summed E-state index contributed by atoms with van der Waals surface area (Å²) in [4.78, 5) is 0.262. The Morgan fingerprint density at radius 1 is 0.810 bits per heavy atom. The molecule has 0 aliphatic heterocycles. The maximum absolute atomic E-state index is 12.6. The summed E-state index contributed by atoms with van der Waals surface area (Å²) in [5.74, 6) is 0. The van der Waals surface area contributed by atoms with Crippen LogP contribution in [-0.2, 0) is 10.0 Å². The summed E-state index contributed by atoms with van der Waals surface area (Å²) in [5, 5.41) is 1.58. The highest BCUT2D eigenvalue weighted by molar-refractivity contribution is 7.93. The molecule has 0 spiro atoms. The van der Waals surface area contributed by atoms with Gasteiger partial charge >= 0.3 is 0 Å². The van der Waals surface area contributed by atoms with Gasteiger partial charge < -0.3 is 5.73 Å². The van der Waals surface area contributed by atoms with Crippen LogP contribution in [0.25, 0.3) is 10.8 Å². The van der Waals surface area contributed by atoms with Gasteiger partial charge in [-0.3, -0.25) is 4.72 Å². The highest BCUT2D eigenvalue weighted by Crippen LogP contribution is 2.25. The fraction of sp³-hybridized carbons (Fsp3) is 0. The summed E-state index contributed by atoms with van der Waals surface area (Å²) in [5.41, 5.74) is 6.67. The maximum atomic E-state index is 12.6. The van der Waals surface area contributed by atoms with Crippen molar-refractivity contribution in [3.8, 4) is 0 Å². The summed E-state index contributed by atoms with van der Waals surface area (Å²) in [6, 6.07) is 19.2. The average Bonchev–Trinajstić information content (AvgIpc) is 2.49. The number of hydrogen-bond donors (Lipinski definition) is 2. The second-order valence-corrected chi connectivity index (χ2v) is 6.36. The molecule has 0 radical (unpaired) electrons. The van der Waals surface area contributed by atoms with Crippen molar-refractivity contribution in [2.75, 3.05) is 10.5 Å². The Kier molecular flexibility index (Phi) is 3.27. The van der Waals surface area contributed by atoms with Crippen LogP contribution in [-0.4, -0.2) is 8.42 Å². The van der Waals surface area contributed by atoms with Crippen LogP contribution < -0.4 is 10.5 Å². The van der Waals surface area contributed by atoms with E-state index in [0.29, 0.717) is 16.8 Å². The van der Waals surface area contributed by atoms with Crippen molar-refractivity contribution in [2.24, 2.45) is 0 Å². The van der Waals surface area contributed by atoms with Crippen LogP contribution in [0.1, 0.15) is 0 Å². The molecule has 3 rings (SSSR count). The minimum absolute atomic E-state index is 0.262.